The van der Waals surface area contributed by atoms with Gasteiger partial charge in [-0.3, -0.25) is 9.59 Å². The number of methoxy groups -OCH3 is 1. The lowest BCUT2D eigenvalue weighted by atomic mass is 9.76. The van der Waals surface area contributed by atoms with E-state index < -0.39 is 16.8 Å². The smallest absolute Gasteiger partial charge is 0.311 e. The van der Waals surface area contributed by atoms with Crippen LogP contribution in [0.25, 0.3) is 0 Å². The van der Waals surface area contributed by atoms with Gasteiger partial charge in [-0.15, -0.1) is 0 Å². The number of carbonyl (C=O) groups excluding carboxylic acids is 1. The van der Waals surface area contributed by atoms with E-state index in [2.05, 4.69) is 5.32 Å². The molecule has 2 aliphatic rings. The number of hydrogen-bond donors (Lipinski definition) is 2. The topological polar surface area (TPSA) is 84.9 Å². The van der Waals surface area contributed by atoms with Crippen LogP contribution < -0.4 is 10.1 Å². The molecule has 0 unspecified atom stereocenters. The van der Waals surface area contributed by atoms with Gasteiger partial charge in [0.05, 0.1) is 17.9 Å². The number of benzene rings is 1. The van der Waals surface area contributed by atoms with Gasteiger partial charge in [-0.25, -0.2) is 0 Å². The molecule has 1 saturated carbocycles. The third kappa shape index (κ3) is 3.43. The minimum Gasteiger partial charge on any atom is -0.497 e. The highest BCUT2D eigenvalue weighted by Gasteiger charge is 2.45. The third-order valence-corrected chi connectivity index (χ3v) is 6.00. The number of carbonyl (C=O) groups is 2. The molecule has 0 atom stereocenters. The van der Waals surface area contributed by atoms with Gasteiger partial charge in [-0.2, -0.15) is 0 Å². The van der Waals surface area contributed by atoms with Crippen molar-refractivity contribution < 1.29 is 24.2 Å². The van der Waals surface area contributed by atoms with Crippen LogP contribution in [0.1, 0.15) is 44.1 Å². The van der Waals surface area contributed by atoms with Crippen molar-refractivity contribution in [3.8, 4) is 5.75 Å². The number of nitrogens with one attached hydrogen (secondary N) is 1. The van der Waals surface area contributed by atoms with Crippen LogP contribution in [-0.4, -0.2) is 43.9 Å². The second-order valence-electron chi connectivity index (χ2n) is 7.40. The van der Waals surface area contributed by atoms with Gasteiger partial charge in [-0.1, -0.05) is 25.0 Å². The van der Waals surface area contributed by atoms with Crippen molar-refractivity contribution in [3.63, 3.8) is 0 Å². The van der Waals surface area contributed by atoms with E-state index in [0.29, 0.717) is 26.1 Å². The van der Waals surface area contributed by atoms with E-state index in [1.165, 1.54) is 0 Å². The summed E-state index contributed by atoms with van der Waals surface area (Å²) in [5, 5.41) is 12.7. The van der Waals surface area contributed by atoms with Gasteiger partial charge < -0.3 is 19.9 Å². The van der Waals surface area contributed by atoms with Crippen molar-refractivity contribution in [3.05, 3.63) is 29.8 Å². The average Bonchev–Trinajstić information content (AvgIpc) is 3.18. The zero-order valence-electron chi connectivity index (χ0n) is 15.3. The number of hydrogen-bond acceptors (Lipinski definition) is 4. The normalized spacial score (nSPS) is 21.1. The summed E-state index contributed by atoms with van der Waals surface area (Å²) in [6.45, 7) is 0.989. The Morgan fingerprint density at radius 2 is 1.88 bits per heavy atom. The first-order chi connectivity index (χ1) is 12.5. The van der Waals surface area contributed by atoms with Crippen LogP contribution in [0.15, 0.2) is 24.3 Å². The van der Waals surface area contributed by atoms with E-state index in [1.54, 1.807) is 7.11 Å². The maximum absolute atomic E-state index is 13.2. The van der Waals surface area contributed by atoms with E-state index in [-0.39, 0.29) is 12.5 Å². The molecule has 142 valence electrons. The van der Waals surface area contributed by atoms with E-state index in [1.807, 2.05) is 24.3 Å². The van der Waals surface area contributed by atoms with Crippen molar-refractivity contribution in [2.45, 2.75) is 43.9 Å². The highest BCUT2D eigenvalue weighted by molar-refractivity contribution is 5.89. The Bertz CT molecular complexity index is 660. The first-order valence-electron chi connectivity index (χ1n) is 9.26. The van der Waals surface area contributed by atoms with E-state index in [9.17, 15) is 14.7 Å². The summed E-state index contributed by atoms with van der Waals surface area (Å²) in [6, 6.07) is 7.66. The molecule has 0 bridgehead atoms. The molecule has 1 amide bonds. The number of aliphatic carboxylic acids is 1. The van der Waals surface area contributed by atoms with Crippen LogP contribution in [-0.2, 0) is 19.7 Å². The number of carboxylic acid groups (broad SMARTS) is 1. The SMILES string of the molecule is COc1cccc(C2(C(=O)NCC3(C(=O)O)CCOCC3)CCCC2)c1. The molecule has 0 spiro atoms. The van der Waals surface area contributed by atoms with Crippen molar-refractivity contribution >= 4 is 11.9 Å². The standard InChI is InChI=1S/C20H27NO5/c1-25-16-6-4-5-15(13-16)20(7-2-3-8-20)17(22)21-14-19(18(23)24)9-11-26-12-10-19/h4-6,13H,2-3,7-12,14H2,1H3,(H,21,22)(H,23,24). The molecule has 1 heterocycles. The van der Waals surface area contributed by atoms with E-state index >= 15 is 0 Å². The number of rotatable bonds is 6. The first kappa shape index (κ1) is 18.7. The molecule has 1 aromatic carbocycles. The predicted octanol–water partition coefficient (Wildman–Crippen LogP) is 2.50. The highest BCUT2D eigenvalue weighted by Crippen LogP contribution is 2.42. The van der Waals surface area contributed by atoms with Crippen LogP contribution in [0.5, 0.6) is 5.75 Å². The van der Waals surface area contributed by atoms with Crippen LogP contribution in [0, 0.1) is 5.41 Å². The molecule has 26 heavy (non-hydrogen) atoms. The Morgan fingerprint density at radius 1 is 1.19 bits per heavy atom. The molecule has 6 heteroatoms. The molecular formula is C20H27NO5. The summed E-state index contributed by atoms with van der Waals surface area (Å²) in [6.07, 6.45) is 4.37. The van der Waals surface area contributed by atoms with Crippen molar-refractivity contribution in [2.24, 2.45) is 5.41 Å². The van der Waals surface area contributed by atoms with Crippen molar-refractivity contribution in [2.75, 3.05) is 26.9 Å². The maximum atomic E-state index is 13.2. The number of carboxylic acids is 1. The van der Waals surface area contributed by atoms with Gasteiger partial charge in [0.2, 0.25) is 5.91 Å². The molecule has 6 nitrogen and oxygen atoms in total. The van der Waals surface area contributed by atoms with Crippen molar-refractivity contribution in [1.29, 1.82) is 0 Å². The number of amides is 1. The minimum atomic E-state index is -0.928. The fourth-order valence-corrected chi connectivity index (χ4v) is 4.19. The summed E-state index contributed by atoms with van der Waals surface area (Å²) < 4.78 is 10.6. The van der Waals surface area contributed by atoms with Crippen LogP contribution in [0.4, 0.5) is 0 Å². The summed E-state index contributed by atoms with van der Waals surface area (Å²) in [5.41, 5.74) is -0.579. The zero-order chi connectivity index (χ0) is 18.6. The Kier molecular flexibility index (Phi) is 5.51. The maximum Gasteiger partial charge on any atom is 0.311 e. The van der Waals surface area contributed by atoms with Crippen LogP contribution in [0.3, 0.4) is 0 Å². The predicted molar refractivity (Wildman–Crippen MR) is 96.3 cm³/mol. The molecule has 3 rings (SSSR count). The molecule has 1 saturated heterocycles. The minimum absolute atomic E-state index is 0.0737. The van der Waals surface area contributed by atoms with Gasteiger partial charge in [0.1, 0.15) is 5.75 Å². The summed E-state index contributed by atoms with van der Waals surface area (Å²) in [7, 11) is 1.61. The molecular weight excluding hydrogens is 334 g/mol. The Morgan fingerprint density at radius 3 is 2.50 bits per heavy atom. The van der Waals surface area contributed by atoms with E-state index in [0.717, 1.165) is 37.0 Å². The molecule has 1 aliphatic heterocycles. The zero-order valence-corrected chi connectivity index (χ0v) is 15.3. The summed E-state index contributed by atoms with van der Waals surface area (Å²) >= 11 is 0. The van der Waals surface area contributed by atoms with Gasteiger partial charge in [0.15, 0.2) is 0 Å². The van der Waals surface area contributed by atoms with Gasteiger partial charge >= 0.3 is 5.97 Å². The molecule has 2 fully saturated rings. The largest absolute Gasteiger partial charge is 0.497 e. The third-order valence-electron chi connectivity index (χ3n) is 6.00. The Labute approximate surface area is 153 Å². The Balaban J connectivity index is 1.80. The first-order valence-corrected chi connectivity index (χ1v) is 9.26. The average molecular weight is 361 g/mol. The highest BCUT2D eigenvalue weighted by atomic mass is 16.5. The molecule has 0 aromatic heterocycles. The lowest BCUT2D eigenvalue weighted by molar-refractivity contribution is -0.154. The molecule has 2 N–H and O–H groups in total. The van der Waals surface area contributed by atoms with Crippen LogP contribution >= 0.6 is 0 Å². The Hall–Kier alpha value is -2.08. The summed E-state index contributed by atoms with van der Waals surface area (Å²) in [5.74, 6) is -0.202. The van der Waals surface area contributed by atoms with Crippen LogP contribution in [0.2, 0.25) is 0 Å². The summed E-state index contributed by atoms with van der Waals surface area (Å²) in [4.78, 5) is 25.0. The van der Waals surface area contributed by atoms with Gasteiger partial charge in [0, 0.05) is 19.8 Å². The lowest BCUT2D eigenvalue weighted by Crippen LogP contribution is -2.50. The lowest BCUT2D eigenvalue weighted by Gasteiger charge is -2.35. The molecule has 1 aliphatic carbocycles. The number of ether oxygens (including phenoxy) is 2. The van der Waals surface area contributed by atoms with Gasteiger partial charge in [-0.05, 0) is 43.4 Å². The van der Waals surface area contributed by atoms with E-state index in [4.69, 9.17) is 9.47 Å². The van der Waals surface area contributed by atoms with Gasteiger partial charge in [0.25, 0.3) is 0 Å². The molecule has 0 radical (unpaired) electrons. The molecule has 1 aromatic rings. The second-order valence-corrected chi connectivity index (χ2v) is 7.40. The fraction of sp³-hybridized carbons (Fsp3) is 0.600. The quantitative estimate of drug-likeness (QED) is 0.813. The fourth-order valence-electron chi connectivity index (χ4n) is 4.19. The second kappa shape index (κ2) is 7.66. The monoisotopic (exact) mass is 361 g/mol. The van der Waals surface area contributed by atoms with Crippen molar-refractivity contribution in [1.82, 2.24) is 5.32 Å².